The Bertz CT molecular complexity index is 915. The highest BCUT2D eigenvalue weighted by Gasteiger charge is 2.36. The van der Waals surface area contributed by atoms with Gasteiger partial charge in [-0.15, -0.1) is 0 Å². The highest BCUT2D eigenvalue weighted by Crippen LogP contribution is 2.22. The summed E-state index contributed by atoms with van der Waals surface area (Å²) in [6, 6.07) is 25.0. The number of esters is 3. The molecule has 0 aromatic heterocycles. The van der Waals surface area contributed by atoms with Crippen LogP contribution in [0.15, 0.2) is 91.0 Å². The van der Waals surface area contributed by atoms with Crippen molar-refractivity contribution < 1.29 is 33.7 Å². The van der Waals surface area contributed by atoms with Gasteiger partial charge in [0.05, 0.1) is 28.7 Å². The van der Waals surface area contributed by atoms with Crippen LogP contribution >= 0.6 is 0 Å². The molecule has 0 aliphatic carbocycles. The number of carbonyl (C=O) groups excluding carboxylic acids is 3. The first-order valence-electron chi connectivity index (χ1n) is 10.3. The van der Waals surface area contributed by atoms with Crippen LogP contribution in [-0.4, -0.2) is 49.4 Å². The number of rotatable bonds is 10. The lowest BCUT2D eigenvalue weighted by Gasteiger charge is -2.30. The molecule has 0 saturated carbocycles. The predicted octanol–water partition coefficient (Wildman–Crippen LogP) is 3.54. The first-order valence-corrected chi connectivity index (χ1v) is 10.3. The van der Waals surface area contributed by atoms with E-state index in [1.165, 1.54) is 0 Å². The minimum absolute atomic E-state index is 0.326. The molecule has 7 nitrogen and oxygen atoms in total. The van der Waals surface area contributed by atoms with Gasteiger partial charge in [0.2, 0.25) is 0 Å². The molecule has 0 aliphatic heterocycles. The zero-order valence-corrected chi connectivity index (χ0v) is 17.9. The van der Waals surface area contributed by atoms with Crippen LogP contribution in [0, 0.1) is 5.41 Å². The van der Waals surface area contributed by atoms with Crippen molar-refractivity contribution in [1.82, 2.24) is 0 Å². The fourth-order valence-corrected chi connectivity index (χ4v) is 2.89. The molecule has 0 bridgehead atoms. The Morgan fingerprint density at radius 1 is 0.545 bits per heavy atom. The van der Waals surface area contributed by atoms with Crippen molar-refractivity contribution in [2.45, 2.75) is 0 Å². The molecule has 33 heavy (non-hydrogen) atoms. The minimum Gasteiger partial charge on any atom is -0.461 e. The molecule has 170 valence electrons. The van der Waals surface area contributed by atoms with Gasteiger partial charge in [0.1, 0.15) is 19.8 Å². The summed E-state index contributed by atoms with van der Waals surface area (Å²) < 4.78 is 16.1. The highest BCUT2D eigenvalue weighted by molar-refractivity contribution is 5.90. The summed E-state index contributed by atoms with van der Waals surface area (Å²) in [4.78, 5) is 37.2. The first kappa shape index (κ1) is 23.7. The number of hydrogen-bond donors (Lipinski definition) is 1. The lowest BCUT2D eigenvalue weighted by Crippen LogP contribution is -2.42. The Labute approximate surface area is 191 Å². The van der Waals surface area contributed by atoms with Crippen LogP contribution in [0.4, 0.5) is 0 Å². The average molecular weight is 448 g/mol. The van der Waals surface area contributed by atoms with Gasteiger partial charge in [-0.3, -0.25) is 0 Å². The van der Waals surface area contributed by atoms with Crippen molar-refractivity contribution in [3.63, 3.8) is 0 Å². The Morgan fingerprint density at radius 3 is 1.06 bits per heavy atom. The Balaban J connectivity index is 1.71. The highest BCUT2D eigenvalue weighted by atomic mass is 16.6. The van der Waals surface area contributed by atoms with E-state index in [2.05, 4.69) is 0 Å². The van der Waals surface area contributed by atoms with E-state index in [-0.39, 0.29) is 19.8 Å². The van der Waals surface area contributed by atoms with Gasteiger partial charge in [0.25, 0.3) is 0 Å². The number of aliphatic hydroxyl groups is 1. The third kappa shape index (κ3) is 6.75. The van der Waals surface area contributed by atoms with E-state index >= 15 is 0 Å². The van der Waals surface area contributed by atoms with Crippen molar-refractivity contribution in [3.05, 3.63) is 108 Å². The normalized spacial score (nSPS) is 10.8. The van der Waals surface area contributed by atoms with Gasteiger partial charge in [-0.1, -0.05) is 54.6 Å². The summed E-state index contributed by atoms with van der Waals surface area (Å²) >= 11 is 0. The maximum Gasteiger partial charge on any atom is 0.338 e. The fourth-order valence-electron chi connectivity index (χ4n) is 2.89. The topological polar surface area (TPSA) is 99.1 Å². The van der Waals surface area contributed by atoms with Gasteiger partial charge in [-0.2, -0.15) is 0 Å². The van der Waals surface area contributed by atoms with Crippen LogP contribution in [0.3, 0.4) is 0 Å². The third-order valence-corrected chi connectivity index (χ3v) is 4.89. The summed E-state index contributed by atoms with van der Waals surface area (Å²) in [7, 11) is 0. The van der Waals surface area contributed by atoms with Crippen LogP contribution in [-0.2, 0) is 14.2 Å². The van der Waals surface area contributed by atoms with Gasteiger partial charge in [0, 0.05) is 0 Å². The zero-order valence-electron chi connectivity index (χ0n) is 17.9. The molecule has 0 fully saturated rings. The van der Waals surface area contributed by atoms with Crippen LogP contribution in [0.1, 0.15) is 31.1 Å². The second-order valence-electron chi connectivity index (χ2n) is 7.48. The van der Waals surface area contributed by atoms with Crippen molar-refractivity contribution in [3.8, 4) is 0 Å². The molecule has 0 unspecified atom stereocenters. The standard InChI is InChI=1S/C26H24O7/c27-16-26(17-31-23(28)20-10-4-1-5-11-20,18-32-24(29)21-12-6-2-7-13-21)19-33-25(30)22-14-8-3-9-15-22/h1-15,27H,16-19H2. The molecule has 3 rings (SSSR count). The van der Waals surface area contributed by atoms with Crippen molar-refractivity contribution in [1.29, 1.82) is 0 Å². The maximum absolute atomic E-state index is 12.4. The van der Waals surface area contributed by atoms with E-state index in [1.54, 1.807) is 91.0 Å². The number of hydrogen-bond acceptors (Lipinski definition) is 7. The quantitative estimate of drug-likeness (QED) is 0.374. The van der Waals surface area contributed by atoms with Gasteiger partial charge >= 0.3 is 17.9 Å². The second kappa shape index (κ2) is 11.6. The molecule has 7 heteroatoms. The van der Waals surface area contributed by atoms with Gasteiger partial charge in [0.15, 0.2) is 0 Å². The van der Waals surface area contributed by atoms with E-state index in [1.807, 2.05) is 0 Å². The summed E-state index contributed by atoms with van der Waals surface area (Å²) in [6.07, 6.45) is 0. The van der Waals surface area contributed by atoms with E-state index < -0.39 is 29.9 Å². The first-order chi connectivity index (χ1) is 16.0. The molecular formula is C26H24O7. The molecular weight excluding hydrogens is 424 g/mol. The van der Waals surface area contributed by atoms with Crippen LogP contribution < -0.4 is 0 Å². The molecule has 0 radical (unpaired) electrons. The number of carbonyl (C=O) groups is 3. The molecule has 3 aromatic carbocycles. The number of benzene rings is 3. The smallest absolute Gasteiger partial charge is 0.338 e. The largest absolute Gasteiger partial charge is 0.461 e. The molecule has 0 aliphatic rings. The number of aliphatic hydroxyl groups excluding tert-OH is 1. The number of ether oxygens (including phenoxy) is 3. The van der Waals surface area contributed by atoms with Crippen LogP contribution in [0.5, 0.6) is 0 Å². The molecule has 1 N–H and O–H groups in total. The molecule has 0 heterocycles. The third-order valence-electron chi connectivity index (χ3n) is 4.89. The Morgan fingerprint density at radius 2 is 0.818 bits per heavy atom. The lowest BCUT2D eigenvalue weighted by molar-refractivity contribution is -0.0587. The van der Waals surface area contributed by atoms with Crippen molar-refractivity contribution >= 4 is 17.9 Å². The average Bonchev–Trinajstić information content (AvgIpc) is 2.89. The second-order valence-corrected chi connectivity index (χ2v) is 7.48. The van der Waals surface area contributed by atoms with Crippen LogP contribution in [0.2, 0.25) is 0 Å². The predicted molar refractivity (Wildman–Crippen MR) is 120 cm³/mol. The van der Waals surface area contributed by atoms with Crippen LogP contribution in [0.25, 0.3) is 0 Å². The SMILES string of the molecule is O=C(OCC(CO)(COC(=O)c1ccccc1)COC(=O)c1ccccc1)c1ccccc1. The van der Waals surface area contributed by atoms with Gasteiger partial charge < -0.3 is 19.3 Å². The Kier molecular flexibility index (Phi) is 8.32. The summed E-state index contributed by atoms with van der Waals surface area (Å²) in [5, 5.41) is 10.2. The zero-order chi connectivity index (χ0) is 23.5. The van der Waals surface area contributed by atoms with E-state index in [0.29, 0.717) is 16.7 Å². The molecule has 0 atom stereocenters. The Hall–Kier alpha value is -3.97. The van der Waals surface area contributed by atoms with E-state index in [4.69, 9.17) is 14.2 Å². The van der Waals surface area contributed by atoms with Gasteiger partial charge in [-0.25, -0.2) is 14.4 Å². The monoisotopic (exact) mass is 448 g/mol. The van der Waals surface area contributed by atoms with Gasteiger partial charge in [-0.05, 0) is 36.4 Å². The molecule has 3 aromatic rings. The minimum atomic E-state index is -1.35. The summed E-state index contributed by atoms with van der Waals surface area (Å²) in [5.41, 5.74) is -0.370. The lowest BCUT2D eigenvalue weighted by atomic mass is 9.92. The maximum atomic E-state index is 12.4. The molecule has 0 spiro atoms. The summed E-state index contributed by atoms with van der Waals surface area (Å²) in [5.74, 6) is -1.84. The fraction of sp³-hybridized carbons (Fsp3) is 0.192. The molecule has 0 saturated heterocycles. The summed E-state index contributed by atoms with van der Waals surface area (Å²) in [6.45, 7) is -1.55. The van der Waals surface area contributed by atoms with Crippen molar-refractivity contribution in [2.24, 2.45) is 5.41 Å². The van der Waals surface area contributed by atoms with E-state index in [9.17, 15) is 19.5 Å². The molecule has 0 amide bonds. The van der Waals surface area contributed by atoms with Crippen molar-refractivity contribution in [2.75, 3.05) is 26.4 Å². The van der Waals surface area contributed by atoms with E-state index in [0.717, 1.165) is 0 Å².